The second-order valence-electron chi connectivity index (χ2n) is 5.79. The molecule has 2 aromatic rings. The molecular formula is C21H20O3S. The minimum atomic E-state index is -0.325. The Hall–Kier alpha value is -2.46. The third-order valence-corrected chi connectivity index (χ3v) is 4.92. The van der Waals surface area contributed by atoms with Gasteiger partial charge in [-0.05, 0) is 66.3 Å². The van der Waals surface area contributed by atoms with E-state index in [-0.39, 0.29) is 5.97 Å². The number of rotatable bonds is 4. The van der Waals surface area contributed by atoms with Crippen LogP contribution in [-0.2, 0) is 9.53 Å². The van der Waals surface area contributed by atoms with Gasteiger partial charge >= 0.3 is 5.97 Å². The Labute approximate surface area is 152 Å². The highest BCUT2D eigenvalue weighted by Crippen LogP contribution is 2.44. The van der Waals surface area contributed by atoms with Gasteiger partial charge in [0.2, 0.25) is 0 Å². The number of carbonyl (C=O) groups is 1. The summed E-state index contributed by atoms with van der Waals surface area (Å²) in [4.78, 5) is 12.8. The Balaban J connectivity index is 2.11. The van der Waals surface area contributed by atoms with E-state index in [2.05, 4.69) is 36.6 Å². The van der Waals surface area contributed by atoms with Crippen molar-refractivity contribution in [2.75, 3.05) is 13.4 Å². The maximum Gasteiger partial charge on any atom is 0.308 e. The summed E-state index contributed by atoms with van der Waals surface area (Å²) in [5, 5.41) is 0. The molecular weight excluding hydrogens is 332 g/mol. The van der Waals surface area contributed by atoms with Gasteiger partial charge in [-0.15, -0.1) is 11.8 Å². The van der Waals surface area contributed by atoms with Crippen molar-refractivity contribution in [1.82, 2.24) is 0 Å². The third kappa shape index (κ3) is 3.49. The second-order valence-corrected chi connectivity index (χ2v) is 6.67. The molecule has 0 amide bonds. The van der Waals surface area contributed by atoms with Crippen LogP contribution in [0.3, 0.4) is 0 Å². The molecule has 25 heavy (non-hydrogen) atoms. The fourth-order valence-corrected chi connectivity index (χ4v) is 3.34. The van der Waals surface area contributed by atoms with Crippen molar-refractivity contribution in [2.24, 2.45) is 0 Å². The van der Waals surface area contributed by atoms with Gasteiger partial charge in [-0.2, -0.15) is 0 Å². The van der Waals surface area contributed by atoms with Crippen molar-refractivity contribution in [3.05, 3.63) is 64.7 Å². The molecule has 0 bridgehead atoms. The standard InChI is InChI=1S/C21H20O3S/c1-13-19(11-15-5-8-17(25-4)9-6-15)18-10-7-16(23-3)12-20(18)21(13)24-14(2)22/h5-12H,1-4H3. The van der Waals surface area contributed by atoms with Gasteiger partial charge in [0.25, 0.3) is 0 Å². The largest absolute Gasteiger partial charge is 0.497 e. The highest BCUT2D eigenvalue weighted by Gasteiger charge is 2.26. The first kappa shape index (κ1) is 17.4. The van der Waals surface area contributed by atoms with Crippen LogP contribution in [0.1, 0.15) is 30.5 Å². The summed E-state index contributed by atoms with van der Waals surface area (Å²) in [7, 11) is 1.63. The summed E-state index contributed by atoms with van der Waals surface area (Å²) >= 11 is 1.72. The van der Waals surface area contributed by atoms with Gasteiger partial charge in [0.1, 0.15) is 11.5 Å². The maximum absolute atomic E-state index is 11.5. The lowest BCUT2D eigenvalue weighted by Gasteiger charge is -2.07. The molecule has 0 radical (unpaired) electrons. The molecule has 1 aliphatic carbocycles. The summed E-state index contributed by atoms with van der Waals surface area (Å²) in [6.07, 6.45) is 4.19. The monoisotopic (exact) mass is 352 g/mol. The molecule has 0 saturated carbocycles. The van der Waals surface area contributed by atoms with Crippen molar-refractivity contribution in [3.8, 4) is 5.75 Å². The fraction of sp³-hybridized carbons (Fsp3) is 0.190. The van der Waals surface area contributed by atoms with E-state index in [4.69, 9.17) is 9.47 Å². The number of carbonyl (C=O) groups excluding carboxylic acids is 1. The van der Waals surface area contributed by atoms with E-state index in [9.17, 15) is 4.79 Å². The topological polar surface area (TPSA) is 35.5 Å². The first-order valence-corrected chi connectivity index (χ1v) is 9.20. The van der Waals surface area contributed by atoms with E-state index >= 15 is 0 Å². The number of fused-ring (bicyclic) bond motifs is 1. The molecule has 0 aromatic heterocycles. The number of methoxy groups -OCH3 is 1. The summed E-state index contributed by atoms with van der Waals surface area (Å²) in [5.74, 6) is 1.02. The van der Waals surface area contributed by atoms with E-state index in [0.29, 0.717) is 5.76 Å². The van der Waals surface area contributed by atoms with Crippen LogP contribution in [0.15, 0.2) is 52.9 Å². The summed E-state index contributed by atoms with van der Waals surface area (Å²) < 4.78 is 10.8. The Morgan fingerprint density at radius 3 is 2.40 bits per heavy atom. The predicted molar refractivity (Wildman–Crippen MR) is 103 cm³/mol. The number of hydrogen-bond donors (Lipinski definition) is 0. The lowest BCUT2D eigenvalue weighted by atomic mass is 10.0. The van der Waals surface area contributed by atoms with Gasteiger partial charge in [0.15, 0.2) is 0 Å². The highest BCUT2D eigenvalue weighted by atomic mass is 32.2. The quantitative estimate of drug-likeness (QED) is 0.555. The van der Waals surface area contributed by atoms with E-state index in [1.807, 2.05) is 25.1 Å². The van der Waals surface area contributed by atoms with Crippen molar-refractivity contribution >= 4 is 35.1 Å². The van der Waals surface area contributed by atoms with E-state index in [0.717, 1.165) is 33.6 Å². The zero-order valence-corrected chi connectivity index (χ0v) is 15.6. The van der Waals surface area contributed by atoms with Crippen LogP contribution in [0.5, 0.6) is 5.75 Å². The molecule has 0 unspecified atom stereocenters. The van der Waals surface area contributed by atoms with Gasteiger partial charge in [0.05, 0.1) is 7.11 Å². The lowest BCUT2D eigenvalue weighted by molar-refractivity contribution is -0.134. The molecule has 0 fully saturated rings. The zero-order chi connectivity index (χ0) is 18.0. The van der Waals surface area contributed by atoms with E-state index in [1.165, 1.54) is 11.8 Å². The molecule has 4 heteroatoms. The zero-order valence-electron chi connectivity index (χ0n) is 14.8. The van der Waals surface area contributed by atoms with Crippen molar-refractivity contribution < 1.29 is 14.3 Å². The first-order valence-electron chi connectivity index (χ1n) is 7.97. The van der Waals surface area contributed by atoms with Crippen LogP contribution in [0.2, 0.25) is 0 Å². The molecule has 0 atom stereocenters. The second kappa shape index (κ2) is 7.19. The Bertz CT molecular complexity index is 877. The number of benzene rings is 2. The number of allylic oxidation sites excluding steroid dienone is 2. The number of hydrogen-bond acceptors (Lipinski definition) is 4. The summed E-state index contributed by atoms with van der Waals surface area (Å²) in [6, 6.07) is 14.2. The molecule has 3 rings (SSSR count). The van der Waals surface area contributed by atoms with Gasteiger partial charge in [0, 0.05) is 23.0 Å². The summed E-state index contributed by atoms with van der Waals surface area (Å²) in [5.41, 5.74) is 5.05. The van der Waals surface area contributed by atoms with Crippen LogP contribution in [0.4, 0.5) is 0 Å². The first-order chi connectivity index (χ1) is 12.0. The van der Waals surface area contributed by atoms with Crippen LogP contribution < -0.4 is 4.74 Å². The minimum Gasteiger partial charge on any atom is -0.497 e. The molecule has 128 valence electrons. The molecule has 0 saturated heterocycles. The van der Waals surface area contributed by atoms with E-state index < -0.39 is 0 Å². The van der Waals surface area contributed by atoms with E-state index in [1.54, 1.807) is 18.9 Å². The highest BCUT2D eigenvalue weighted by molar-refractivity contribution is 7.98. The molecule has 0 aliphatic heterocycles. The van der Waals surface area contributed by atoms with Gasteiger partial charge in [-0.3, -0.25) is 4.79 Å². The molecule has 0 N–H and O–H groups in total. The average molecular weight is 352 g/mol. The lowest BCUT2D eigenvalue weighted by Crippen LogP contribution is -1.98. The van der Waals surface area contributed by atoms with Crippen LogP contribution in [0, 0.1) is 0 Å². The SMILES string of the molecule is COc1ccc2c(c1)C(OC(C)=O)=C(C)C2=Cc1ccc(SC)cc1. The Morgan fingerprint density at radius 1 is 1.08 bits per heavy atom. The van der Waals surface area contributed by atoms with Crippen molar-refractivity contribution in [3.63, 3.8) is 0 Å². The van der Waals surface area contributed by atoms with Gasteiger partial charge in [-0.1, -0.05) is 12.1 Å². The molecule has 3 nitrogen and oxygen atoms in total. The van der Waals surface area contributed by atoms with Gasteiger partial charge in [-0.25, -0.2) is 0 Å². The molecule has 0 spiro atoms. The van der Waals surface area contributed by atoms with Crippen molar-refractivity contribution in [2.45, 2.75) is 18.7 Å². The minimum absolute atomic E-state index is 0.325. The molecule has 2 aromatic carbocycles. The van der Waals surface area contributed by atoms with Crippen LogP contribution >= 0.6 is 11.8 Å². The third-order valence-electron chi connectivity index (χ3n) is 4.18. The molecule has 0 heterocycles. The molecule has 1 aliphatic rings. The number of esters is 1. The maximum atomic E-state index is 11.5. The van der Waals surface area contributed by atoms with Gasteiger partial charge < -0.3 is 9.47 Å². The predicted octanol–water partition coefficient (Wildman–Crippen LogP) is 5.27. The smallest absolute Gasteiger partial charge is 0.308 e. The van der Waals surface area contributed by atoms with Crippen LogP contribution in [0.25, 0.3) is 17.4 Å². The number of ether oxygens (including phenoxy) is 2. The Morgan fingerprint density at radius 2 is 1.80 bits per heavy atom. The average Bonchev–Trinajstić information content (AvgIpc) is 2.87. The van der Waals surface area contributed by atoms with Crippen molar-refractivity contribution in [1.29, 1.82) is 0 Å². The van der Waals surface area contributed by atoms with Crippen LogP contribution in [-0.4, -0.2) is 19.3 Å². The normalized spacial score (nSPS) is 14.6. The summed E-state index contributed by atoms with van der Waals surface area (Å²) in [6.45, 7) is 3.40. The Kier molecular flexibility index (Phi) is 5.00. The fourth-order valence-electron chi connectivity index (χ4n) is 2.93. The number of thioether (sulfide) groups is 1.